The van der Waals surface area contributed by atoms with Gasteiger partial charge in [-0.05, 0) is 13.0 Å². The van der Waals surface area contributed by atoms with E-state index in [9.17, 15) is 14.9 Å². The van der Waals surface area contributed by atoms with Crippen molar-refractivity contribution in [1.29, 1.82) is 0 Å². The van der Waals surface area contributed by atoms with Crippen LogP contribution in [0.1, 0.15) is 32.4 Å². The molecule has 0 unspecified atom stereocenters. The molecule has 144 valence electrons. The Bertz CT molecular complexity index is 793. The molecule has 0 fully saturated rings. The number of anilines is 1. The van der Waals surface area contributed by atoms with Gasteiger partial charge in [0.05, 0.1) is 17.7 Å². The summed E-state index contributed by atoms with van der Waals surface area (Å²) in [4.78, 5) is 23.2. The highest BCUT2D eigenvalue weighted by Crippen LogP contribution is 2.29. The Kier molecular flexibility index (Phi) is 6.90. The average molecular weight is 372 g/mol. The third kappa shape index (κ3) is 5.27. The molecule has 2 atom stereocenters. The number of nitrogens with two attached hydrogens (primary N) is 1. The lowest BCUT2D eigenvalue weighted by atomic mass is 9.95. The van der Waals surface area contributed by atoms with Gasteiger partial charge in [0, 0.05) is 23.6 Å². The Balaban J connectivity index is 2.15. The van der Waals surface area contributed by atoms with Crippen LogP contribution >= 0.6 is 0 Å². The summed E-state index contributed by atoms with van der Waals surface area (Å²) in [5.74, 6) is 0.468. The number of rotatable bonds is 8. The minimum absolute atomic E-state index is 0.105. The van der Waals surface area contributed by atoms with Gasteiger partial charge < -0.3 is 15.4 Å². The van der Waals surface area contributed by atoms with Crippen LogP contribution in [0.3, 0.4) is 0 Å². The number of ether oxygens (including phenoxy) is 1. The zero-order chi connectivity index (χ0) is 20.0. The van der Waals surface area contributed by atoms with E-state index in [1.54, 1.807) is 0 Å². The summed E-state index contributed by atoms with van der Waals surface area (Å²) in [5, 5.41) is 15.8. The Labute approximate surface area is 158 Å². The van der Waals surface area contributed by atoms with Crippen LogP contribution in [0.25, 0.3) is 0 Å². The fourth-order valence-corrected chi connectivity index (χ4v) is 2.95. The first-order valence-corrected chi connectivity index (χ1v) is 8.86. The number of hydrogen-bond acceptors (Lipinski definition) is 4. The van der Waals surface area contributed by atoms with Crippen molar-refractivity contribution in [2.24, 2.45) is 5.92 Å². The molecule has 0 spiro atoms. The lowest BCUT2D eigenvalue weighted by Crippen LogP contribution is -2.93. The molecule has 0 aliphatic rings. The molecule has 2 rings (SSSR count). The third-order valence-electron chi connectivity index (χ3n) is 4.46. The van der Waals surface area contributed by atoms with Crippen LogP contribution in [0.15, 0.2) is 48.5 Å². The van der Waals surface area contributed by atoms with E-state index in [1.807, 2.05) is 30.4 Å². The van der Waals surface area contributed by atoms with Crippen LogP contribution in [-0.2, 0) is 4.79 Å². The number of carbonyl (C=O) groups is 1. The zero-order valence-corrected chi connectivity index (χ0v) is 16.0. The van der Waals surface area contributed by atoms with Crippen molar-refractivity contribution in [2.45, 2.75) is 32.9 Å². The molecule has 0 radical (unpaired) electrons. The van der Waals surface area contributed by atoms with E-state index in [4.69, 9.17) is 4.74 Å². The number of non-ortho nitro benzene ring substituents is 1. The maximum absolute atomic E-state index is 12.7. The highest BCUT2D eigenvalue weighted by molar-refractivity contribution is 5.95. The van der Waals surface area contributed by atoms with Crippen molar-refractivity contribution in [3.05, 3.63) is 64.2 Å². The molecule has 0 aromatic heterocycles. The van der Waals surface area contributed by atoms with Gasteiger partial charge in [0.2, 0.25) is 0 Å². The predicted molar refractivity (Wildman–Crippen MR) is 104 cm³/mol. The van der Waals surface area contributed by atoms with Crippen LogP contribution < -0.4 is 15.4 Å². The number of quaternary nitrogens is 1. The van der Waals surface area contributed by atoms with Crippen molar-refractivity contribution in [3.63, 3.8) is 0 Å². The summed E-state index contributed by atoms with van der Waals surface area (Å²) in [5.41, 5.74) is 1.34. The first kappa shape index (κ1) is 20.4. The smallest absolute Gasteiger partial charge is 0.282 e. The number of methoxy groups -OCH3 is 1. The number of nitro benzene ring substituents is 1. The first-order chi connectivity index (χ1) is 12.8. The summed E-state index contributed by atoms with van der Waals surface area (Å²) in [6, 6.07) is 13.9. The molecule has 1 amide bonds. The van der Waals surface area contributed by atoms with Crippen LogP contribution in [0.4, 0.5) is 11.4 Å². The molecule has 3 N–H and O–H groups in total. The molecule has 2 aromatic rings. The number of amides is 1. The minimum Gasteiger partial charge on any atom is -0.495 e. The molecule has 0 aliphatic carbocycles. The molecule has 0 saturated heterocycles. The van der Waals surface area contributed by atoms with Gasteiger partial charge in [0.1, 0.15) is 11.8 Å². The average Bonchev–Trinajstić information content (AvgIpc) is 2.66. The molecule has 0 saturated carbocycles. The molecule has 0 heterocycles. The predicted octanol–water partition coefficient (Wildman–Crippen LogP) is 2.89. The molecule has 0 bridgehead atoms. The van der Waals surface area contributed by atoms with Crippen LogP contribution in [0.2, 0.25) is 0 Å². The highest BCUT2D eigenvalue weighted by atomic mass is 16.6. The van der Waals surface area contributed by atoms with E-state index < -0.39 is 4.92 Å². The van der Waals surface area contributed by atoms with Gasteiger partial charge in [-0.1, -0.05) is 44.2 Å². The van der Waals surface area contributed by atoms with E-state index in [1.165, 1.54) is 25.3 Å². The number of nitro groups is 1. The summed E-state index contributed by atoms with van der Waals surface area (Å²) < 4.78 is 5.20. The van der Waals surface area contributed by atoms with E-state index in [-0.39, 0.29) is 29.4 Å². The second kappa shape index (κ2) is 9.14. The van der Waals surface area contributed by atoms with Crippen molar-refractivity contribution in [2.75, 3.05) is 12.4 Å². The van der Waals surface area contributed by atoms with E-state index in [0.717, 1.165) is 5.56 Å². The van der Waals surface area contributed by atoms with Gasteiger partial charge in [-0.25, -0.2) is 0 Å². The zero-order valence-electron chi connectivity index (χ0n) is 16.0. The number of hydrogen-bond donors (Lipinski definition) is 2. The summed E-state index contributed by atoms with van der Waals surface area (Å²) in [6.45, 7) is 6.04. The summed E-state index contributed by atoms with van der Waals surface area (Å²) in [7, 11) is 1.45. The maximum atomic E-state index is 12.7. The second-order valence-electron chi connectivity index (χ2n) is 6.79. The molecule has 0 aliphatic heterocycles. The normalized spacial score (nSPS) is 13.1. The van der Waals surface area contributed by atoms with Gasteiger partial charge in [-0.15, -0.1) is 0 Å². The number of carbonyl (C=O) groups excluding carboxylic acids is 1. The summed E-state index contributed by atoms with van der Waals surface area (Å²) in [6.07, 6.45) is 0. The number of nitrogens with zero attached hydrogens (tertiary/aromatic N) is 1. The Morgan fingerprint density at radius 1 is 1.15 bits per heavy atom. The fraction of sp³-hybridized carbons (Fsp3) is 0.350. The Morgan fingerprint density at radius 2 is 1.81 bits per heavy atom. The minimum atomic E-state index is -0.505. The lowest BCUT2D eigenvalue weighted by Gasteiger charge is -2.23. The van der Waals surface area contributed by atoms with Gasteiger partial charge >= 0.3 is 0 Å². The number of benzene rings is 2. The topological polar surface area (TPSA) is 98.1 Å². The second-order valence-corrected chi connectivity index (χ2v) is 6.79. The third-order valence-corrected chi connectivity index (χ3v) is 4.46. The Morgan fingerprint density at radius 3 is 2.37 bits per heavy atom. The largest absolute Gasteiger partial charge is 0.495 e. The van der Waals surface area contributed by atoms with Crippen molar-refractivity contribution < 1.29 is 19.8 Å². The highest BCUT2D eigenvalue weighted by Gasteiger charge is 2.26. The van der Waals surface area contributed by atoms with E-state index in [2.05, 4.69) is 31.3 Å². The fourth-order valence-electron chi connectivity index (χ4n) is 2.95. The molecule has 7 nitrogen and oxygen atoms in total. The maximum Gasteiger partial charge on any atom is 0.282 e. The van der Waals surface area contributed by atoms with Crippen molar-refractivity contribution in [1.82, 2.24) is 0 Å². The quantitative estimate of drug-likeness (QED) is 0.550. The van der Waals surface area contributed by atoms with Crippen molar-refractivity contribution in [3.8, 4) is 5.75 Å². The van der Waals surface area contributed by atoms with Gasteiger partial charge in [0.15, 0.2) is 6.04 Å². The standard InChI is InChI=1S/C20H25N3O4/c1-13(2)19(15-8-6-5-7-9-15)21-14(3)20(24)22-17-12-16(23(25)26)10-11-18(17)27-4/h5-14,19,21H,1-4H3,(H,22,24)/p+1/t14-,19-/m0/s1. The SMILES string of the molecule is COc1ccc([N+](=O)[O-])cc1NC(=O)[C@H](C)[NH2+][C@H](c1ccccc1)C(C)C. The van der Waals surface area contributed by atoms with Crippen LogP contribution in [0, 0.1) is 16.0 Å². The van der Waals surface area contributed by atoms with Gasteiger partial charge in [-0.2, -0.15) is 0 Å². The Hall–Kier alpha value is -2.93. The number of nitrogens with one attached hydrogen (secondary N) is 1. The first-order valence-electron chi connectivity index (χ1n) is 8.86. The molecule has 27 heavy (non-hydrogen) atoms. The van der Waals surface area contributed by atoms with Crippen molar-refractivity contribution >= 4 is 17.3 Å². The molecular formula is C20H26N3O4+. The summed E-state index contributed by atoms with van der Waals surface area (Å²) >= 11 is 0. The molecule has 2 aromatic carbocycles. The lowest BCUT2D eigenvalue weighted by molar-refractivity contribution is -0.718. The van der Waals surface area contributed by atoms with E-state index >= 15 is 0 Å². The van der Waals surface area contributed by atoms with Gasteiger partial charge in [0.25, 0.3) is 11.6 Å². The molecular weight excluding hydrogens is 346 g/mol. The van der Waals surface area contributed by atoms with E-state index in [0.29, 0.717) is 11.7 Å². The van der Waals surface area contributed by atoms with Crippen LogP contribution in [-0.4, -0.2) is 24.0 Å². The molecule has 7 heteroatoms. The monoisotopic (exact) mass is 372 g/mol. The van der Waals surface area contributed by atoms with Gasteiger partial charge in [-0.3, -0.25) is 14.9 Å². The van der Waals surface area contributed by atoms with Crippen LogP contribution in [0.5, 0.6) is 5.75 Å².